The number of para-hydroxylation sites is 1. The second-order valence-electron chi connectivity index (χ2n) is 7.80. The molecule has 1 saturated heterocycles. The molecule has 8 nitrogen and oxygen atoms in total. The summed E-state index contributed by atoms with van der Waals surface area (Å²) in [6.07, 6.45) is 1.09. The summed E-state index contributed by atoms with van der Waals surface area (Å²) < 4.78 is 0. The van der Waals surface area contributed by atoms with E-state index in [1.54, 1.807) is 9.80 Å². The van der Waals surface area contributed by atoms with E-state index in [9.17, 15) is 14.7 Å². The van der Waals surface area contributed by atoms with E-state index in [4.69, 9.17) is 0 Å². The third-order valence-electron chi connectivity index (χ3n) is 5.87. The molecule has 1 aliphatic carbocycles. The summed E-state index contributed by atoms with van der Waals surface area (Å²) in [7, 11) is 0. The van der Waals surface area contributed by atoms with Crippen LogP contribution in [0, 0.1) is 0 Å². The molecule has 2 heterocycles. The highest BCUT2D eigenvalue weighted by molar-refractivity contribution is 5.96. The van der Waals surface area contributed by atoms with Gasteiger partial charge >= 0.3 is 0 Å². The topological polar surface area (TPSA) is 96.9 Å². The molecular formula is C21H23N5O3. The van der Waals surface area contributed by atoms with E-state index >= 15 is 0 Å². The molecule has 0 radical (unpaired) electrons. The molecule has 2 aromatic rings. The summed E-state index contributed by atoms with van der Waals surface area (Å²) >= 11 is 0. The standard InChI is InChI=1S/C21H23N5O3/c27-19(25-10-12-26(13-11-25)20(28)21(29)8-9-21)15-6-4-14(5-7-15)16-2-1-3-17-18(16)23-24-22-17/h1-7,22-24,29H,8-13H2. The molecule has 2 aliphatic heterocycles. The minimum absolute atomic E-state index is 0.0338. The van der Waals surface area contributed by atoms with E-state index < -0.39 is 5.60 Å². The van der Waals surface area contributed by atoms with Gasteiger partial charge in [0.1, 0.15) is 5.60 Å². The van der Waals surface area contributed by atoms with Crippen molar-refractivity contribution in [3.63, 3.8) is 0 Å². The van der Waals surface area contributed by atoms with E-state index in [1.165, 1.54) is 0 Å². The Morgan fingerprint density at radius 2 is 1.59 bits per heavy atom. The average molecular weight is 393 g/mol. The van der Waals surface area contributed by atoms with Crippen molar-refractivity contribution in [1.82, 2.24) is 15.3 Å². The monoisotopic (exact) mass is 393 g/mol. The van der Waals surface area contributed by atoms with Crippen molar-refractivity contribution >= 4 is 23.2 Å². The molecule has 2 amide bonds. The number of hydrogen-bond donors (Lipinski definition) is 4. The highest BCUT2D eigenvalue weighted by Gasteiger charge is 2.50. The molecule has 0 atom stereocenters. The van der Waals surface area contributed by atoms with Crippen LogP contribution in [0.1, 0.15) is 23.2 Å². The number of rotatable bonds is 3. The lowest BCUT2D eigenvalue weighted by Crippen LogP contribution is -2.53. The summed E-state index contributed by atoms with van der Waals surface area (Å²) in [5, 5.41) is 10.00. The SMILES string of the molecule is O=C(c1ccc(-c2cccc3c2NNN3)cc1)N1CCN(C(=O)C2(O)CC2)CC1. The number of nitrogens with one attached hydrogen (secondary N) is 3. The van der Waals surface area contributed by atoms with Gasteiger partial charge in [0.05, 0.1) is 11.4 Å². The number of amides is 2. The molecule has 0 bridgehead atoms. The van der Waals surface area contributed by atoms with Crippen molar-refractivity contribution in [2.24, 2.45) is 0 Å². The second kappa shape index (κ2) is 6.75. The van der Waals surface area contributed by atoms with Crippen LogP contribution in [-0.2, 0) is 4.79 Å². The smallest absolute Gasteiger partial charge is 0.254 e. The van der Waals surface area contributed by atoms with Gasteiger partial charge in [-0.3, -0.25) is 9.59 Å². The predicted molar refractivity (Wildman–Crippen MR) is 109 cm³/mol. The first-order chi connectivity index (χ1) is 14.0. The maximum absolute atomic E-state index is 12.9. The Bertz CT molecular complexity index is 963. The Hall–Kier alpha value is -3.10. The van der Waals surface area contributed by atoms with Crippen LogP contribution in [0.4, 0.5) is 11.4 Å². The van der Waals surface area contributed by atoms with E-state index in [0.717, 1.165) is 22.5 Å². The number of anilines is 2. The van der Waals surface area contributed by atoms with Crippen LogP contribution in [0.15, 0.2) is 42.5 Å². The van der Waals surface area contributed by atoms with Gasteiger partial charge in [-0.25, -0.2) is 0 Å². The summed E-state index contributed by atoms with van der Waals surface area (Å²) in [5.74, 6) is -0.226. The number of benzene rings is 2. The van der Waals surface area contributed by atoms with E-state index in [2.05, 4.69) is 16.4 Å². The Kier molecular flexibility index (Phi) is 4.18. The Balaban J connectivity index is 1.26. The van der Waals surface area contributed by atoms with Crippen molar-refractivity contribution in [1.29, 1.82) is 0 Å². The van der Waals surface area contributed by atoms with Crippen LogP contribution in [0.2, 0.25) is 0 Å². The fourth-order valence-corrected chi connectivity index (χ4v) is 3.91. The summed E-state index contributed by atoms with van der Waals surface area (Å²) in [4.78, 5) is 28.5. The molecule has 2 fully saturated rings. The van der Waals surface area contributed by atoms with Gasteiger partial charge in [0.15, 0.2) is 0 Å². The summed E-state index contributed by atoms with van der Waals surface area (Å²) in [5.41, 5.74) is 12.5. The van der Waals surface area contributed by atoms with Crippen molar-refractivity contribution < 1.29 is 14.7 Å². The lowest BCUT2D eigenvalue weighted by Gasteiger charge is -2.35. The molecule has 4 N–H and O–H groups in total. The second-order valence-corrected chi connectivity index (χ2v) is 7.80. The normalized spacial score (nSPS) is 19.2. The average Bonchev–Trinajstić information content (AvgIpc) is 3.33. The summed E-state index contributed by atoms with van der Waals surface area (Å²) in [6, 6.07) is 13.6. The lowest BCUT2D eigenvalue weighted by molar-refractivity contribution is -0.143. The first-order valence-corrected chi connectivity index (χ1v) is 9.87. The molecule has 3 aliphatic rings. The quantitative estimate of drug-likeness (QED) is 0.630. The van der Waals surface area contributed by atoms with Crippen LogP contribution < -0.4 is 16.4 Å². The van der Waals surface area contributed by atoms with E-state index in [0.29, 0.717) is 44.6 Å². The predicted octanol–water partition coefficient (Wildman–Crippen LogP) is 1.42. The summed E-state index contributed by atoms with van der Waals surface area (Å²) in [6.45, 7) is 1.89. The minimum Gasteiger partial charge on any atom is -0.380 e. The van der Waals surface area contributed by atoms with Gasteiger partial charge in [0.25, 0.3) is 11.8 Å². The van der Waals surface area contributed by atoms with Crippen molar-refractivity contribution in [2.45, 2.75) is 18.4 Å². The van der Waals surface area contributed by atoms with Crippen molar-refractivity contribution in [3.8, 4) is 11.1 Å². The molecule has 5 rings (SSSR count). The van der Waals surface area contributed by atoms with Crippen LogP contribution in [-0.4, -0.2) is 58.5 Å². The molecule has 0 aromatic heterocycles. The van der Waals surface area contributed by atoms with Crippen LogP contribution in [0.3, 0.4) is 0 Å². The first-order valence-electron chi connectivity index (χ1n) is 9.87. The number of carbonyl (C=O) groups is 2. The third-order valence-corrected chi connectivity index (χ3v) is 5.87. The van der Waals surface area contributed by atoms with Crippen molar-refractivity contribution in [2.75, 3.05) is 37.0 Å². The fourth-order valence-electron chi connectivity index (χ4n) is 3.91. The molecule has 8 heteroatoms. The number of hydrazine groups is 2. The molecule has 29 heavy (non-hydrogen) atoms. The van der Waals surface area contributed by atoms with Gasteiger partial charge in [-0.15, -0.1) is 5.53 Å². The van der Waals surface area contributed by atoms with Crippen LogP contribution in [0.25, 0.3) is 11.1 Å². The number of hydrogen-bond acceptors (Lipinski definition) is 6. The van der Waals surface area contributed by atoms with Gasteiger partial charge in [0, 0.05) is 37.3 Å². The highest BCUT2D eigenvalue weighted by Crippen LogP contribution is 2.37. The maximum Gasteiger partial charge on any atom is 0.254 e. The zero-order chi connectivity index (χ0) is 20.0. The Morgan fingerprint density at radius 3 is 2.28 bits per heavy atom. The molecule has 0 spiro atoms. The molecular weight excluding hydrogens is 370 g/mol. The van der Waals surface area contributed by atoms with Gasteiger partial charge < -0.3 is 25.8 Å². The van der Waals surface area contributed by atoms with E-state index in [-0.39, 0.29) is 11.8 Å². The number of aliphatic hydroxyl groups is 1. The molecule has 150 valence electrons. The number of piperazine rings is 1. The van der Waals surface area contributed by atoms with Gasteiger partial charge in [-0.1, -0.05) is 24.3 Å². The molecule has 1 saturated carbocycles. The Labute approximate surface area is 168 Å². The first kappa shape index (κ1) is 18.0. The number of nitrogens with zero attached hydrogens (tertiary/aromatic N) is 2. The number of fused-ring (bicyclic) bond motifs is 1. The maximum atomic E-state index is 12.9. The molecule has 0 unspecified atom stereocenters. The minimum atomic E-state index is -1.14. The number of carbonyl (C=O) groups excluding carboxylic acids is 2. The largest absolute Gasteiger partial charge is 0.380 e. The zero-order valence-corrected chi connectivity index (χ0v) is 15.9. The van der Waals surface area contributed by atoms with Crippen LogP contribution in [0.5, 0.6) is 0 Å². The van der Waals surface area contributed by atoms with E-state index in [1.807, 2.05) is 42.5 Å². The molecule has 2 aromatic carbocycles. The lowest BCUT2D eigenvalue weighted by atomic mass is 10.0. The van der Waals surface area contributed by atoms with Gasteiger partial charge in [-0.05, 0) is 36.6 Å². The highest BCUT2D eigenvalue weighted by atomic mass is 16.3. The third kappa shape index (κ3) is 3.20. The van der Waals surface area contributed by atoms with Gasteiger partial charge in [-0.2, -0.15) is 0 Å². The van der Waals surface area contributed by atoms with Gasteiger partial charge in [0.2, 0.25) is 0 Å². The van der Waals surface area contributed by atoms with Crippen LogP contribution >= 0.6 is 0 Å². The fraction of sp³-hybridized carbons (Fsp3) is 0.333. The van der Waals surface area contributed by atoms with Crippen molar-refractivity contribution in [3.05, 3.63) is 48.0 Å². The Morgan fingerprint density at radius 1 is 0.897 bits per heavy atom. The zero-order valence-electron chi connectivity index (χ0n) is 15.9.